The van der Waals surface area contributed by atoms with Gasteiger partial charge in [-0.1, -0.05) is 30.3 Å². The van der Waals surface area contributed by atoms with E-state index in [0.717, 1.165) is 5.56 Å². The number of benzene rings is 1. The minimum absolute atomic E-state index is 0.144. The first-order valence-corrected chi connectivity index (χ1v) is 10.2. The fourth-order valence-corrected chi connectivity index (χ4v) is 8.63. The first kappa shape index (κ1) is 16.0. The molecule has 4 rings (SSSR count). The van der Waals surface area contributed by atoms with Crippen LogP contribution in [0.5, 0.6) is 0 Å². The average Bonchev–Trinajstić information content (AvgIpc) is 2.72. The highest BCUT2D eigenvalue weighted by molar-refractivity contribution is 9.10. The number of nitrogens with zero attached hydrogens (tertiary/aromatic N) is 2. The highest BCUT2D eigenvalue weighted by Crippen LogP contribution is 2.60. The van der Waals surface area contributed by atoms with E-state index in [0.29, 0.717) is 6.42 Å². The van der Waals surface area contributed by atoms with Crippen molar-refractivity contribution in [3.8, 4) is 0 Å². The lowest BCUT2D eigenvalue weighted by Crippen LogP contribution is -2.73. The molecule has 0 aliphatic carbocycles. The van der Waals surface area contributed by atoms with Gasteiger partial charge < -0.3 is 14.9 Å². The Morgan fingerprint density at radius 3 is 2.18 bits per heavy atom. The second-order valence-corrected chi connectivity index (χ2v) is 9.81. The van der Waals surface area contributed by atoms with E-state index in [-0.39, 0.29) is 11.8 Å². The molecule has 1 aromatic rings. The second-order valence-electron chi connectivity index (χ2n) is 5.35. The lowest BCUT2D eigenvalue weighted by atomic mass is 9.98. The van der Waals surface area contributed by atoms with Crippen molar-refractivity contribution in [2.75, 3.05) is 20.7 Å². The monoisotopic (exact) mass is 356 g/mol. The SMILES string of the molecule is CN1C(=O)C2(Cc3ccccc3)SSSC1(CO)C(=O)N2C. The third-order valence-corrected chi connectivity index (χ3v) is 9.35. The van der Waals surface area contributed by atoms with Crippen LogP contribution in [0.1, 0.15) is 5.56 Å². The summed E-state index contributed by atoms with van der Waals surface area (Å²) in [6.45, 7) is -0.391. The first-order valence-electron chi connectivity index (χ1n) is 6.73. The van der Waals surface area contributed by atoms with Gasteiger partial charge in [0, 0.05) is 20.5 Å². The Kier molecular flexibility index (Phi) is 4.13. The van der Waals surface area contributed by atoms with Crippen LogP contribution in [0.4, 0.5) is 0 Å². The van der Waals surface area contributed by atoms with Crippen molar-refractivity contribution in [2.24, 2.45) is 0 Å². The second kappa shape index (κ2) is 5.67. The van der Waals surface area contributed by atoms with Gasteiger partial charge in [-0.05, 0) is 37.0 Å². The molecule has 3 heterocycles. The normalized spacial score (nSPS) is 31.6. The Labute approximate surface area is 140 Å². The number of fused-ring (bicyclic) bond motifs is 4. The van der Waals surface area contributed by atoms with E-state index in [1.54, 1.807) is 14.1 Å². The van der Waals surface area contributed by atoms with Gasteiger partial charge in [-0.15, -0.1) is 0 Å². The molecule has 118 valence electrons. The molecule has 2 atom stereocenters. The van der Waals surface area contributed by atoms with Crippen LogP contribution in [-0.4, -0.2) is 57.2 Å². The van der Waals surface area contributed by atoms with E-state index in [2.05, 4.69) is 0 Å². The summed E-state index contributed by atoms with van der Waals surface area (Å²) < 4.78 is 0. The number of hydrogen-bond donors (Lipinski definition) is 1. The van der Waals surface area contributed by atoms with E-state index in [4.69, 9.17) is 0 Å². The first-order chi connectivity index (χ1) is 10.5. The Bertz CT molecular complexity index is 615. The number of aliphatic hydroxyl groups excluding tert-OH is 1. The molecule has 3 aliphatic rings. The molecule has 22 heavy (non-hydrogen) atoms. The quantitative estimate of drug-likeness (QED) is 0.830. The summed E-state index contributed by atoms with van der Waals surface area (Å²) >= 11 is 0. The molecule has 0 spiro atoms. The average molecular weight is 356 g/mol. The number of aliphatic hydroxyl groups is 1. The number of rotatable bonds is 3. The van der Waals surface area contributed by atoms with Crippen molar-refractivity contribution < 1.29 is 14.7 Å². The summed E-state index contributed by atoms with van der Waals surface area (Å²) in [4.78, 5) is 26.6. The number of amides is 2. The Morgan fingerprint density at radius 2 is 1.55 bits per heavy atom. The molecular weight excluding hydrogens is 340 g/mol. The zero-order valence-electron chi connectivity index (χ0n) is 12.2. The molecule has 2 amide bonds. The van der Waals surface area contributed by atoms with Gasteiger partial charge in [0.25, 0.3) is 11.8 Å². The van der Waals surface area contributed by atoms with Crippen molar-refractivity contribution in [1.82, 2.24) is 9.80 Å². The summed E-state index contributed by atoms with van der Waals surface area (Å²) in [7, 11) is 7.29. The van der Waals surface area contributed by atoms with E-state index in [1.807, 2.05) is 30.3 Å². The number of carbonyl (C=O) groups excluding carboxylic acids is 2. The predicted octanol–water partition coefficient (Wildman–Crippen LogP) is 1.59. The van der Waals surface area contributed by atoms with Crippen LogP contribution in [-0.2, 0) is 16.0 Å². The maximum absolute atomic E-state index is 13.0. The van der Waals surface area contributed by atoms with Crippen LogP contribution in [0, 0.1) is 0 Å². The number of piperazine rings is 1. The van der Waals surface area contributed by atoms with Crippen LogP contribution in [0.25, 0.3) is 0 Å². The van der Waals surface area contributed by atoms with Gasteiger partial charge in [-0.2, -0.15) is 0 Å². The minimum atomic E-state index is -1.22. The molecule has 3 fully saturated rings. The highest BCUT2D eigenvalue weighted by Gasteiger charge is 2.64. The maximum Gasteiger partial charge on any atom is 0.263 e. The third kappa shape index (κ3) is 2.08. The van der Waals surface area contributed by atoms with Crippen molar-refractivity contribution in [2.45, 2.75) is 16.2 Å². The Hall–Kier alpha value is -0.830. The molecule has 2 unspecified atom stereocenters. The summed E-state index contributed by atoms with van der Waals surface area (Å²) in [5, 5.41) is 9.76. The van der Waals surface area contributed by atoms with Gasteiger partial charge in [0.05, 0.1) is 6.61 Å². The van der Waals surface area contributed by atoms with Crippen molar-refractivity contribution in [3.63, 3.8) is 0 Å². The van der Waals surface area contributed by atoms with Crippen LogP contribution in [0.3, 0.4) is 0 Å². The maximum atomic E-state index is 13.0. The summed E-state index contributed by atoms with van der Waals surface area (Å²) in [6, 6.07) is 9.68. The fraction of sp³-hybridized carbons (Fsp3) is 0.429. The Balaban J connectivity index is 2.07. The van der Waals surface area contributed by atoms with Gasteiger partial charge >= 0.3 is 0 Å². The zero-order chi connectivity index (χ0) is 16.0. The molecule has 1 N–H and O–H groups in total. The van der Waals surface area contributed by atoms with Gasteiger partial charge in [0.15, 0.2) is 4.87 Å². The lowest BCUT2D eigenvalue weighted by Gasteiger charge is -2.50. The van der Waals surface area contributed by atoms with E-state index in [9.17, 15) is 14.7 Å². The van der Waals surface area contributed by atoms with Crippen molar-refractivity contribution in [1.29, 1.82) is 0 Å². The van der Waals surface area contributed by atoms with Crippen molar-refractivity contribution >= 4 is 43.2 Å². The van der Waals surface area contributed by atoms with Crippen LogP contribution < -0.4 is 0 Å². The van der Waals surface area contributed by atoms with E-state index in [1.165, 1.54) is 41.2 Å². The summed E-state index contributed by atoms with van der Waals surface area (Å²) in [5.74, 6) is -0.370. The topological polar surface area (TPSA) is 60.9 Å². The molecular formula is C14H16N2O3S3. The molecule has 5 nitrogen and oxygen atoms in total. The smallest absolute Gasteiger partial charge is 0.263 e. The van der Waals surface area contributed by atoms with Crippen molar-refractivity contribution in [3.05, 3.63) is 35.9 Å². The van der Waals surface area contributed by atoms with Gasteiger partial charge in [-0.25, -0.2) is 0 Å². The fourth-order valence-electron chi connectivity index (χ4n) is 2.75. The van der Waals surface area contributed by atoms with E-state index < -0.39 is 16.3 Å². The largest absolute Gasteiger partial charge is 0.392 e. The third-order valence-electron chi connectivity index (χ3n) is 4.21. The number of carbonyl (C=O) groups is 2. The summed E-state index contributed by atoms with van der Waals surface area (Å²) in [5.41, 5.74) is 1.00. The molecule has 0 radical (unpaired) electrons. The minimum Gasteiger partial charge on any atom is -0.392 e. The molecule has 8 heteroatoms. The zero-order valence-corrected chi connectivity index (χ0v) is 14.6. The highest BCUT2D eigenvalue weighted by atomic mass is 33.5. The van der Waals surface area contributed by atoms with Gasteiger partial charge in [0.1, 0.15) is 0 Å². The van der Waals surface area contributed by atoms with Gasteiger partial charge in [0.2, 0.25) is 4.87 Å². The molecule has 2 bridgehead atoms. The molecule has 1 aromatic carbocycles. The van der Waals surface area contributed by atoms with Crippen LogP contribution >= 0.6 is 31.4 Å². The standard InChI is InChI=1S/C14H16N2O3S3/c1-15-12(19)14(9-17)16(2)11(18)13(15,20-22-21-14)8-10-6-4-3-5-7-10/h3-7,17H,8-9H2,1-2H3. The lowest BCUT2D eigenvalue weighted by molar-refractivity contribution is -0.164. The summed E-state index contributed by atoms with van der Waals surface area (Å²) in [6.07, 6.45) is 0.443. The van der Waals surface area contributed by atoms with Crippen LogP contribution in [0.15, 0.2) is 30.3 Å². The van der Waals surface area contributed by atoms with Crippen LogP contribution in [0.2, 0.25) is 0 Å². The predicted molar refractivity (Wildman–Crippen MR) is 91.0 cm³/mol. The van der Waals surface area contributed by atoms with E-state index >= 15 is 0 Å². The molecule has 3 saturated heterocycles. The molecule has 3 aliphatic heterocycles. The Morgan fingerprint density at radius 1 is 1.00 bits per heavy atom. The number of likely N-dealkylation sites (N-methyl/N-ethyl adjacent to an activating group) is 2. The number of hydrogen-bond acceptors (Lipinski definition) is 6. The van der Waals surface area contributed by atoms with Gasteiger partial charge in [-0.3, -0.25) is 9.59 Å². The molecule has 0 aromatic heterocycles. The molecule has 0 saturated carbocycles.